The number of nitrogens with one attached hydrogen (secondary N) is 1. The summed E-state index contributed by atoms with van der Waals surface area (Å²) in [4.78, 5) is 12.4. The lowest BCUT2D eigenvalue weighted by atomic mass is 10.0. The topological polar surface area (TPSA) is 50.7 Å². The summed E-state index contributed by atoms with van der Waals surface area (Å²) in [5.74, 6) is 0.289. The molecule has 0 saturated heterocycles. The molecule has 0 unspecified atom stereocenters. The molecule has 0 aliphatic carbocycles. The van der Waals surface area contributed by atoms with Gasteiger partial charge in [-0.2, -0.15) is 5.10 Å². The largest absolute Gasteiger partial charge is 0.488 e. The van der Waals surface area contributed by atoms with E-state index in [1.165, 1.54) is 6.07 Å². The highest BCUT2D eigenvalue weighted by atomic mass is 35.5. The van der Waals surface area contributed by atoms with Crippen LogP contribution in [0.5, 0.6) is 5.75 Å². The Morgan fingerprint density at radius 1 is 0.903 bits per heavy atom. The van der Waals surface area contributed by atoms with Gasteiger partial charge in [0.1, 0.15) is 12.4 Å². The summed E-state index contributed by atoms with van der Waals surface area (Å²) in [5.41, 5.74) is 4.74. The molecule has 0 spiro atoms. The molecule has 0 heterocycles. The molecule has 0 aliphatic heterocycles. The highest BCUT2D eigenvalue weighted by molar-refractivity contribution is 6.42. The van der Waals surface area contributed by atoms with Crippen LogP contribution in [0.1, 0.15) is 21.5 Å². The second kappa shape index (κ2) is 9.65. The maximum atomic E-state index is 12.4. The van der Waals surface area contributed by atoms with Crippen LogP contribution < -0.4 is 10.2 Å². The molecule has 0 aliphatic rings. The number of hydrazone groups is 1. The van der Waals surface area contributed by atoms with E-state index < -0.39 is 0 Å². The minimum Gasteiger partial charge on any atom is -0.488 e. The van der Waals surface area contributed by atoms with Crippen LogP contribution in [0.2, 0.25) is 10.0 Å². The molecule has 4 nitrogen and oxygen atoms in total. The van der Waals surface area contributed by atoms with Gasteiger partial charge in [0.15, 0.2) is 0 Å². The van der Waals surface area contributed by atoms with Crippen LogP contribution in [0, 0.1) is 0 Å². The molecule has 0 fully saturated rings. The van der Waals surface area contributed by atoms with Gasteiger partial charge in [-0.25, -0.2) is 5.43 Å². The predicted molar refractivity (Wildman–Crippen MR) is 126 cm³/mol. The number of rotatable bonds is 6. The molecule has 4 rings (SSSR count). The van der Waals surface area contributed by atoms with Crippen molar-refractivity contribution in [1.82, 2.24) is 5.43 Å². The van der Waals surface area contributed by atoms with E-state index >= 15 is 0 Å². The van der Waals surface area contributed by atoms with Gasteiger partial charge in [-0.05, 0) is 40.6 Å². The lowest BCUT2D eigenvalue weighted by Crippen LogP contribution is -2.17. The molecule has 0 aromatic heterocycles. The van der Waals surface area contributed by atoms with Gasteiger partial charge in [-0.3, -0.25) is 4.79 Å². The van der Waals surface area contributed by atoms with Crippen molar-refractivity contribution in [2.45, 2.75) is 6.61 Å². The number of benzene rings is 4. The van der Waals surface area contributed by atoms with Crippen molar-refractivity contribution in [3.63, 3.8) is 0 Å². The Labute approximate surface area is 190 Å². The molecule has 31 heavy (non-hydrogen) atoms. The van der Waals surface area contributed by atoms with Crippen LogP contribution in [0.3, 0.4) is 0 Å². The van der Waals surface area contributed by atoms with E-state index in [2.05, 4.69) is 10.5 Å². The van der Waals surface area contributed by atoms with Crippen LogP contribution in [-0.4, -0.2) is 12.1 Å². The third-order valence-electron chi connectivity index (χ3n) is 4.71. The number of amides is 1. The first kappa shape index (κ1) is 20.9. The molecule has 0 atom stereocenters. The van der Waals surface area contributed by atoms with Gasteiger partial charge in [-0.1, -0.05) is 83.9 Å². The molecule has 1 N–H and O–H groups in total. The van der Waals surface area contributed by atoms with Crippen molar-refractivity contribution in [2.24, 2.45) is 5.10 Å². The van der Waals surface area contributed by atoms with Gasteiger partial charge in [0.05, 0.1) is 16.3 Å². The highest BCUT2D eigenvalue weighted by Crippen LogP contribution is 2.27. The van der Waals surface area contributed by atoms with Crippen molar-refractivity contribution >= 4 is 46.1 Å². The van der Waals surface area contributed by atoms with E-state index in [0.29, 0.717) is 28.0 Å². The number of carbonyl (C=O) groups excluding carboxylic acids is 1. The fourth-order valence-electron chi connectivity index (χ4n) is 3.13. The van der Waals surface area contributed by atoms with Crippen molar-refractivity contribution in [3.05, 3.63) is 112 Å². The monoisotopic (exact) mass is 448 g/mol. The quantitative estimate of drug-likeness (QED) is 0.270. The summed E-state index contributed by atoms with van der Waals surface area (Å²) in [6, 6.07) is 26.4. The standard InChI is InChI=1S/C25H18Cl2N2O2/c26-22-12-10-19(14-23(22)27)25(30)29-28-15-21-20-9-5-4-8-18(20)11-13-24(21)31-16-17-6-2-1-3-7-17/h1-15H,16H2,(H,29,30)/b28-15-. The predicted octanol–water partition coefficient (Wildman–Crippen LogP) is 6.49. The Hall–Kier alpha value is -3.34. The average Bonchev–Trinajstić information content (AvgIpc) is 2.80. The molecule has 0 bridgehead atoms. The Morgan fingerprint density at radius 3 is 2.48 bits per heavy atom. The first-order valence-electron chi connectivity index (χ1n) is 9.59. The molecule has 1 amide bonds. The lowest BCUT2D eigenvalue weighted by molar-refractivity contribution is 0.0955. The molecule has 154 valence electrons. The highest BCUT2D eigenvalue weighted by Gasteiger charge is 2.10. The van der Waals surface area contributed by atoms with E-state index in [9.17, 15) is 4.79 Å². The van der Waals surface area contributed by atoms with Gasteiger partial charge in [0, 0.05) is 11.1 Å². The fourth-order valence-corrected chi connectivity index (χ4v) is 3.43. The zero-order valence-electron chi connectivity index (χ0n) is 16.4. The number of fused-ring (bicyclic) bond motifs is 1. The number of carbonyl (C=O) groups is 1. The average molecular weight is 449 g/mol. The Morgan fingerprint density at radius 2 is 1.68 bits per heavy atom. The molecular formula is C25H18Cl2N2O2. The first-order valence-corrected chi connectivity index (χ1v) is 10.3. The maximum absolute atomic E-state index is 12.4. The van der Waals surface area contributed by atoms with Crippen molar-refractivity contribution < 1.29 is 9.53 Å². The molecular weight excluding hydrogens is 431 g/mol. The summed E-state index contributed by atoms with van der Waals surface area (Å²) < 4.78 is 6.07. The van der Waals surface area contributed by atoms with E-state index in [4.69, 9.17) is 27.9 Å². The van der Waals surface area contributed by atoms with Gasteiger partial charge < -0.3 is 4.74 Å². The lowest BCUT2D eigenvalue weighted by Gasteiger charge is -2.12. The van der Waals surface area contributed by atoms with Crippen LogP contribution in [0.25, 0.3) is 10.8 Å². The van der Waals surface area contributed by atoms with Gasteiger partial charge in [0.2, 0.25) is 0 Å². The molecule has 0 saturated carbocycles. The molecule has 0 radical (unpaired) electrons. The van der Waals surface area contributed by atoms with Crippen LogP contribution in [-0.2, 0) is 6.61 Å². The zero-order chi connectivity index (χ0) is 21.6. The van der Waals surface area contributed by atoms with E-state index in [1.807, 2.05) is 66.7 Å². The second-order valence-electron chi connectivity index (χ2n) is 6.80. The Kier molecular flexibility index (Phi) is 6.51. The van der Waals surface area contributed by atoms with E-state index in [0.717, 1.165) is 21.9 Å². The van der Waals surface area contributed by atoms with Gasteiger partial charge in [-0.15, -0.1) is 0 Å². The van der Waals surface area contributed by atoms with Gasteiger partial charge >= 0.3 is 0 Å². The molecule has 4 aromatic rings. The minimum atomic E-state index is -0.387. The number of hydrogen-bond acceptors (Lipinski definition) is 3. The van der Waals surface area contributed by atoms with Crippen molar-refractivity contribution in [3.8, 4) is 5.75 Å². The SMILES string of the molecule is O=C(N/N=C\c1c(OCc2ccccc2)ccc2ccccc12)c1ccc(Cl)c(Cl)c1. The zero-order valence-corrected chi connectivity index (χ0v) is 17.9. The normalized spacial score (nSPS) is 11.0. The minimum absolute atomic E-state index is 0.309. The summed E-state index contributed by atoms with van der Waals surface area (Å²) in [6.07, 6.45) is 1.60. The van der Waals surface area contributed by atoms with Crippen LogP contribution in [0.4, 0.5) is 0 Å². The third-order valence-corrected chi connectivity index (χ3v) is 5.45. The summed E-state index contributed by atoms with van der Waals surface area (Å²) >= 11 is 11.9. The fraction of sp³-hybridized carbons (Fsp3) is 0.0400. The molecule has 6 heteroatoms. The van der Waals surface area contributed by atoms with Crippen LogP contribution >= 0.6 is 23.2 Å². The Bertz CT molecular complexity index is 1260. The number of halogens is 2. The smallest absolute Gasteiger partial charge is 0.271 e. The summed E-state index contributed by atoms with van der Waals surface area (Å²) in [6.45, 7) is 0.426. The van der Waals surface area contributed by atoms with Crippen LogP contribution in [0.15, 0.2) is 90.0 Å². The van der Waals surface area contributed by atoms with Gasteiger partial charge in [0.25, 0.3) is 5.91 Å². The number of hydrogen-bond donors (Lipinski definition) is 1. The second-order valence-corrected chi connectivity index (χ2v) is 7.62. The van der Waals surface area contributed by atoms with E-state index in [1.54, 1.807) is 18.3 Å². The van der Waals surface area contributed by atoms with Crippen molar-refractivity contribution in [1.29, 1.82) is 0 Å². The number of nitrogens with zero attached hydrogens (tertiary/aromatic N) is 1. The number of ether oxygens (including phenoxy) is 1. The third kappa shape index (κ3) is 5.05. The first-order chi connectivity index (χ1) is 15.1. The molecule has 4 aromatic carbocycles. The summed E-state index contributed by atoms with van der Waals surface area (Å²) in [7, 11) is 0. The van der Waals surface area contributed by atoms with Crippen molar-refractivity contribution in [2.75, 3.05) is 0 Å². The maximum Gasteiger partial charge on any atom is 0.271 e. The summed E-state index contributed by atoms with van der Waals surface area (Å²) in [5, 5.41) is 6.87. The van der Waals surface area contributed by atoms with E-state index in [-0.39, 0.29) is 5.91 Å². The Balaban J connectivity index is 1.58.